The molecule has 23 heavy (non-hydrogen) atoms. The van der Waals surface area contributed by atoms with Crippen LogP contribution in [0.2, 0.25) is 0 Å². The standard InChI is InChI=1S/C15H24N6O2/c1-11-16-17-18-21(11)12-2-5-19(6-3-12)13-8-15(9-13)4-7-20(10-15)14(22)23/h12-13H,2-10H2,1H3,(H,22,23). The zero-order valence-electron chi connectivity index (χ0n) is 13.6. The van der Waals surface area contributed by atoms with E-state index >= 15 is 0 Å². The molecule has 126 valence electrons. The molecule has 8 nitrogen and oxygen atoms in total. The Hall–Kier alpha value is -1.70. The van der Waals surface area contributed by atoms with E-state index in [4.69, 9.17) is 5.11 Å². The van der Waals surface area contributed by atoms with Gasteiger partial charge in [-0.2, -0.15) is 0 Å². The molecule has 0 atom stereocenters. The van der Waals surface area contributed by atoms with E-state index in [0.29, 0.717) is 18.6 Å². The predicted molar refractivity (Wildman–Crippen MR) is 82.1 cm³/mol. The van der Waals surface area contributed by atoms with Gasteiger partial charge in [0, 0.05) is 32.2 Å². The average Bonchev–Trinajstić information content (AvgIpc) is 3.12. The van der Waals surface area contributed by atoms with Crippen molar-refractivity contribution < 1.29 is 9.90 Å². The van der Waals surface area contributed by atoms with E-state index in [-0.39, 0.29) is 5.41 Å². The van der Waals surface area contributed by atoms with Crippen LogP contribution < -0.4 is 0 Å². The van der Waals surface area contributed by atoms with Crippen LogP contribution in [0.15, 0.2) is 0 Å². The number of aromatic nitrogens is 4. The van der Waals surface area contributed by atoms with Crippen LogP contribution in [-0.4, -0.2) is 73.4 Å². The lowest BCUT2D eigenvalue weighted by atomic mass is 9.64. The molecule has 0 unspecified atom stereocenters. The second-order valence-electron chi connectivity index (χ2n) is 7.45. The molecule has 1 spiro atoms. The van der Waals surface area contributed by atoms with Crippen LogP contribution >= 0.6 is 0 Å². The Balaban J connectivity index is 1.28. The number of rotatable bonds is 2. The molecule has 1 amide bonds. The maximum absolute atomic E-state index is 11.1. The highest BCUT2D eigenvalue weighted by Crippen LogP contribution is 2.50. The molecule has 0 radical (unpaired) electrons. The molecule has 0 aromatic carbocycles. The summed E-state index contributed by atoms with van der Waals surface area (Å²) in [6.07, 6.45) is 4.78. The molecule has 3 aliphatic rings. The lowest BCUT2D eigenvalue weighted by Crippen LogP contribution is -2.54. The van der Waals surface area contributed by atoms with Gasteiger partial charge in [-0.3, -0.25) is 0 Å². The summed E-state index contributed by atoms with van der Waals surface area (Å²) in [7, 11) is 0. The lowest BCUT2D eigenvalue weighted by Gasteiger charge is -2.51. The van der Waals surface area contributed by atoms with Gasteiger partial charge >= 0.3 is 6.09 Å². The van der Waals surface area contributed by atoms with Gasteiger partial charge in [0.15, 0.2) is 0 Å². The van der Waals surface area contributed by atoms with E-state index in [0.717, 1.165) is 57.6 Å². The summed E-state index contributed by atoms with van der Waals surface area (Å²) in [4.78, 5) is 15.3. The molecule has 1 N–H and O–H groups in total. The SMILES string of the molecule is Cc1nnnn1C1CCN(C2CC3(CCN(C(=O)O)C3)C2)CC1. The Morgan fingerprint density at radius 1 is 1.22 bits per heavy atom. The first-order valence-electron chi connectivity index (χ1n) is 8.53. The minimum absolute atomic E-state index is 0.270. The van der Waals surface area contributed by atoms with Crippen LogP contribution in [0, 0.1) is 12.3 Å². The van der Waals surface area contributed by atoms with Crippen molar-refractivity contribution in [1.29, 1.82) is 0 Å². The number of piperidine rings is 1. The Morgan fingerprint density at radius 2 is 1.96 bits per heavy atom. The minimum Gasteiger partial charge on any atom is -0.465 e. The van der Waals surface area contributed by atoms with Crippen LogP contribution in [0.3, 0.4) is 0 Å². The molecule has 2 aliphatic heterocycles. The van der Waals surface area contributed by atoms with Crippen molar-refractivity contribution in [2.45, 2.75) is 51.1 Å². The van der Waals surface area contributed by atoms with E-state index in [1.807, 2.05) is 11.6 Å². The van der Waals surface area contributed by atoms with Crippen LogP contribution in [-0.2, 0) is 0 Å². The van der Waals surface area contributed by atoms with Gasteiger partial charge in [-0.05, 0) is 54.9 Å². The van der Waals surface area contributed by atoms with Crippen molar-refractivity contribution in [2.24, 2.45) is 5.41 Å². The predicted octanol–water partition coefficient (Wildman–Crippen LogP) is 1.15. The van der Waals surface area contributed by atoms with Gasteiger partial charge in [0.1, 0.15) is 5.82 Å². The molecule has 3 fully saturated rings. The molecule has 2 saturated heterocycles. The molecule has 1 saturated carbocycles. The van der Waals surface area contributed by atoms with Crippen molar-refractivity contribution in [3.05, 3.63) is 5.82 Å². The third kappa shape index (κ3) is 2.58. The molecule has 3 heterocycles. The van der Waals surface area contributed by atoms with Crippen molar-refractivity contribution >= 4 is 6.09 Å². The molecular formula is C15H24N6O2. The number of tetrazole rings is 1. The van der Waals surface area contributed by atoms with E-state index in [1.165, 1.54) is 0 Å². The number of hydrogen-bond acceptors (Lipinski definition) is 5. The van der Waals surface area contributed by atoms with Gasteiger partial charge in [0.25, 0.3) is 0 Å². The Labute approximate surface area is 135 Å². The van der Waals surface area contributed by atoms with Crippen LogP contribution in [0.5, 0.6) is 0 Å². The average molecular weight is 320 g/mol. The van der Waals surface area contributed by atoms with E-state index in [1.54, 1.807) is 4.90 Å². The highest BCUT2D eigenvalue weighted by atomic mass is 16.4. The Kier molecular flexibility index (Phi) is 3.51. The second kappa shape index (κ2) is 5.43. The summed E-state index contributed by atoms with van der Waals surface area (Å²) >= 11 is 0. The second-order valence-corrected chi connectivity index (χ2v) is 7.45. The van der Waals surface area contributed by atoms with Gasteiger partial charge < -0.3 is 14.9 Å². The number of nitrogens with zero attached hydrogens (tertiary/aromatic N) is 6. The largest absolute Gasteiger partial charge is 0.465 e. The van der Waals surface area contributed by atoms with Gasteiger partial charge in [-0.1, -0.05) is 0 Å². The molecule has 1 aromatic heterocycles. The zero-order valence-corrected chi connectivity index (χ0v) is 13.6. The maximum atomic E-state index is 11.1. The van der Waals surface area contributed by atoms with Gasteiger partial charge in [0.2, 0.25) is 0 Å². The number of hydrogen-bond donors (Lipinski definition) is 1. The summed E-state index contributed by atoms with van der Waals surface area (Å²) in [6, 6.07) is 1.06. The Morgan fingerprint density at radius 3 is 2.52 bits per heavy atom. The fourth-order valence-electron chi connectivity index (χ4n) is 4.70. The molecular weight excluding hydrogens is 296 g/mol. The van der Waals surface area contributed by atoms with Gasteiger partial charge in [-0.15, -0.1) is 5.10 Å². The molecule has 4 rings (SSSR count). The quantitative estimate of drug-likeness (QED) is 0.879. The highest BCUT2D eigenvalue weighted by molar-refractivity contribution is 5.65. The van der Waals surface area contributed by atoms with E-state index < -0.39 is 6.09 Å². The molecule has 1 aliphatic carbocycles. The number of carbonyl (C=O) groups is 1. The third-order valence-corrected chi connectivity index (χ3v) is 6.06. The third-order valence-electron chi connectivity index (χ3n) is 6.06. The van der Waals surface area contributed by atoms with Gasteiger partial charge in [0.05, 0.1) is 6.04 Å². The molecule has 1 aromatic rings. The van der Waals surface area contributed by atoms with Crippen LogP contribution in [0.4, 0.5) is 4.79 Å². The summed E-state index contributed by atoms with van der Waals surface area (Å²) in [5.41, 5.74) is 0.270. The monoisotopic (exact) mass is 320 g/mol. The summed E-state index contributed by atoms with van der Waals surface area (Å²) in [6.45, 7) is 5.58. The molecule has 0 bridgehead atoms. The first-order valence-corrected chi connectivity index (χ1v) is 8.53. The topological polar surface area (TPSA) is 87.4 Å². The van der Waals surface area contributed by atoms with E-state index in [2.05, 4.69) is 20.4 Å². The summed E-state index contributed by atoms with van der Waals surface area (Å²) in [5, 5.41) is 20.9. The van der Waals surface area contributed by atoms with Crippen molar-refractivity contribution in [3.8, 4) is 0 Å². The smallest absolute Gasteiger partial charge is 0.407 e. The summed E-state index contributed by atoms with van der Waals surface area (Å²) < 4.78 is 1.96. The van der Waals surface area contributed by atoms with Crippen molar-refractivity contribution in [3.63, 3.8) is 0 Å². The Bertz CT molecular complexity index is 589. The first-order chi connectivity index (χ1) is 11.1. The van der Waals surface area contributed by atoms with E-state index in [9.17, 15) is 4.79 Å². The number of carboxylic acid groups (broad SMARTS) is 1. The molecule has 8 heteroatoms. The summed E-state index contributed by atoms with van der Waals surface area (Å²) in [5.74, 6) is 0.894. The zero-order chi connectivity index (χ0) is 16.0. The fraction of sp³-hybridized carbons (Fsp3) is 0.867. The number of amides is 1. The maximum Gasteiger partial charge on any atom is 0.407 e. The van der Waals surface area contributed by atoms with Crippen molar-refractivity contribution in [1.82, 2.24) is 30.0 Å². The number of aryl methyl sites for hydroxylation is 1. The number of likely N-dealkylation sites (tertiary alicyclic amines) is 2. The van der Waals surface area contributed by atoms with Gasteiger partial charge in [-0.25, -0.2) is 9.48 Å². The van der Waals surface area contributed by atoms with Crippen LogP contribution in [0.25, 0.3) is 0 Å². The normalized spacial score (nSPS) is 32.4. The highest BCUT2D eigenvalue weighted by Gasteiger charge is 2.51. The van der Waals surface area contributed by atoms with Crippen LogP contribution in [0.1, 0.15) is 44.0 Å². The fourth-order valence-corrected chi connectivity index (χ4v) is 4.70. The lowest BCUT2D eigenvalue weighted by molar-refractivity contribution is -0.00844. The minimum atomic E-state index is -0.761. The first kappa shape index (κ1) is 14.9. The van der Waals surface area contributed by atoms with Crippen molar-refractivity contribution in [2.75, 3.05) is 26.2 Å².